The number of rotatable bonds is 10. The summed E-state index contributed by atoms with van der Waals surface area (Å²) in [5.41, 5.74) is 1.47. The van der Waals surface area contributed by atoms with E-state index in [0.29, 0.717) is 19.8 Å². The number of hydrogen-bond acceptors (Lipinski definition) is 6. The van der Waals surface area contributed by atoms with E-state index in [1.807, 2.05) is 0 Å². The highest BCUT2D eigenvalue weighted by Crippen LogP contribution is 2.63. The van der Waals surface area contributed by atoms with E-state index in [2.05, 4.69) is 12.1 Å². The van der Waals surface area contributed by atoms with Crippen LogP contribution in [0.2, 0.25) is 0 Å². The third-order valence-electron chi connectivity index (χ3n) is 8.10. The molecule has 31 heavy (non-hydrogen) atoms. The summed E-state index contributed by atoms with van der Waals surface area (Å²) in [7, 11) is 0. The van der Waals surface area contributed by atoms with Crippen LogP contribution in [0.25, 0.3) is 0 Å². The third kappa shape index (κ3) is 3.91. The van der Waals surface area contributed by atoms with Crippen molar-refractivity contribution in [2.24, 2.45) is 17.8 Å². The Kier molecular flexibility index (Phi) is 4.45. The summed E-state index contributed by atoms with van der Waals surface area (Å²) < 4.78 is 35.1. The third-order valence-corrected chi connectivity index (χ3v) is 8.10. The van der Waals surface area contributed by atoms with Crippen molar-refractivity contribution >= 4 is 0 Å². The van der Waals surface area contributed by atoms with Crippen LogP contribution in [-0.2, 0) is 19.6 Å². The van der Waals surface area contributed by atoms with E-state index < -0.39 is 0 Å². The van der Waals surface area contributed by atoms with Crippen LogP contribution >= 0.6 is 0 Å². The summed E-state index contributed by atoms with van der Waals surface area (Å²) in [5.74, 6) is 5.26. The van der Waals surface area contributed by atoms with E-state index in [4.69, 9.17) is 28.4 Å². The van der Waals surface area contributed by atoms with Crippen LogP contribution in [0.1, 0.15) is 44.1 Å². The topological polar surface area (TPSA) is 65.3 Å². The van der Waals surface area contributed by atoms with Crippen molar-refractivity contribution in [1.29, 1.82) is 0 Å². The molecule has 0 aromatic heterocycles. The van der Waals surface area contributed by atoms with Crippen molar-refractivity contribution in [3.63, 3.8) is 0 Å². The van der Waals surface area contributed by atoms with Gasteiger partial charge in [0.1, 0.15) is 55.4 Å². The van der Waals surface area contributed by atoms with Crippen molar-refractivity contribution in [3.8, 4) is 17.2 Å². The van der Waals surface area contributed by atoms with Gasteiger partial charge in [0.25, 0.3) is 0 Å². The first-order valence-corrected chi connectivity index (χ1v) is 12.1. The van der Waals surface area contributed by atoms with Crippen LogP contribution in [0.3, 0.4) is 0 Å². The highest BCUT2D eigenvalue weighted by molar-refractivity contribution is 5.55. The Morgan fingerprint density at radius 2 is 1.10 bits per heavy atom. The van der Waals surface area contributed by atoms with E-state index in [-0.39, 0.29) is 23.7 Å². The quantitative estimate of drug-likeness (QED) is 0.532. The van der Waals surface area contributed by atoms with Gasteiger partial charge in [0.05, 0.1) is 19.8 Å². The molecule has 7 fully saturated rings. The van der Waals surface area contributed by atoms with Crippen LogP contribution in [-0.4, -0.2) is 58.0 Å². The first-order chi connectivity index (χ1) is 15.2. The van der Waals surface area contributed by atoms with Gasteiger partial charge in [-0.15, -0.1) is 0 Å². The molecule has 4 saturated carbocycles. The molecule has 168 valence electrons. The van der Waals surface area contributed by atoms with Crippen molar-refractivity contribution in [3.05, 3.63) is 17.7 Å². The van der Waals surface area contributed by atoms with Crippen molar-refractivity contribution in [1.82, 2.24) is 0 Å². The molecule has 0 spiro atoms. The van der Waals surface area contributed by atoms with Gasteiger partial charge >= 0.3 is 0 Å². The lowest BCUT2D eigenvalue weighted by molar-refractivity contribution is -0.00780. The Balaban J connectivity index is 1.27. The summed E-state index contributed by atoms with van der Waals surface area (Å²) in [6.07, 6.45) is 8.71. The molecule has 7 aliphatic rings. The summed E-state index contributed by atoms with van der Waals surface area (Å²) in [6.45, 7) is 4.15. The largest absolute Gasteiger partial charge is 0.491 e. The Bertz CT molecular complexity index is 768. The fourth-order valence-electron chi connectivity index (χ4n) is 6.86. The van der Waals surface area contributed by atoms with E-state index in [1.165, 1.54) is 44.1 Å². The molecule has 4 bridgehead atoms. The second-order valence-corrected chi connectivity index (χ2v) is 10.8. The fraction of sp³-hybridized carbons (Fsp3) is 0.760. The monoisotopic (exact) mass is 428 g/mol. The van der Waals surface area contributed by atoms with E-state index in [1.54, 1.807) is 0 Å². The van der Waals surface area contributed by atoms with E-state index in [9.17, 15) is 0 Å². The molecule has 3 heterocycles. The predicted octanol–water partition coefficient (Wildman–Crippen LogP) is 3.49. The van der Waals surface area contributed by atoms with Gasteiger partial charge in [-0.3, -0.25) is 0 Å². The second-order valence-electron chi connectivity index (χ2n) is 10.8. The zero-order valence-electron chi connectivity index (χ0n) is 18.1. The van der Waals surface area contributed by atoms with Gasteiger partial charge in [-0.05, 0) is 56.3 Å². The van der Waals surface area contributed by atoms with Crippen LogP contribution in [0.5, 0.6) is 17.2 Å². The van der Waals surface area contributed by atoms with Gasteiger partial charge in [0.2, 0.25) is 0 Å². The van der Waals surface area contributed by atoms with Crippen molar-refractivity contribution in [2.45, 2.75) is 62.3 Å². The lowest BCUT2D eigenvalue weighted by Gasteiger charge is -2.57. The van der Waals surface area contributed by atoms with Crippen molar-refractivity contribution < 1.29 is 28.4 Å². The molecule has 8 rings (SSSR count). The zero-order chi connectivity index (χ0) is 20.4. The van der Waals surface area contributed by atoms with Gasteiger partial charge in [0, 0.05) is 23.1 Å². The van der Waals surface area contributed by atoms with Crippen LogP contribution in [0, 0.1) is 17.8 Å². The van der Waals surface area contributed by atoms with Crippen molar-refractivity contribution in [2.75, 3.05) is 39.6 Å². The normalized spacial score (nSPS) is 41.2. The minimum Gasteiger partial charge on any atom is -0.491 e. The highest BCUT2D eigenvalue weighted by atomic mass is 16.6. The SMILES string of the molecule is c1c(OCC2CO2)cc(OCC2CO2)c(C23CC4CC(CC(C4)C2)C3)c1OCC1CO1. The summed E-state index contributed by atoms with van der Waals surface area (Å²) in [5, 5.41) is 0. The van der Waals surface area contributed by atoms with Gasteiger partial charge < -0.3 is 28.4 Å². The smallest absolute Gasteiger partial charge is 0.130 e. The Morgan fingerprint density at radius 1 is 0.677 bits per heavy atom. The molecular weight excluding hydrogens is 396 g/mol. The molecular formula is C25H32O6. The van der Waals surface area contributed by atoms with Gasteiger partial charge in [-0.2, -0.15) is 0 Å². The van der Waals surface area contributed by atoms with E-state index in [0.717, 1.165) is 54.8 Å². The molecule has 3 atom stereocenters. The Morgan fingerprint density at radius 3 is 1.52 bits per heavy atom. The molecule has 1 aromatic carbocycles. The zero-order valence-corrected chi connectivity index (χ0v) is 18.1. The van der Waals surface area contributed by atoms with Gasteiger partial charge in [-0.1, -0.05) is 0 Å². The van der Waals surface area contributed by atoms with Crippen LogP contribution in [0.15, 0.2) is 12.1 Å². The van der Waals surface area contributed by atoms with E-state index >= 15 is 0 Å². The first-order valence-electron chi connectivity index (χ1n) is 12.1. The maximum Gasteiger partial charge on any atom is 0.130 e. The molecule has 3 aliphatic heterocycles. The summed E-state index contributed by atoms with van der Waals surface area (Å²) >= 11 is 0. The fourth-order valence-corrected chi connectivity index (χ4v) is 6.86. The molecule has 3 unspecified atom stereocenters. The molecule has 0 N–H and O–H groups in total. The molecule has 6 nitrogen and oxygen atoms in total. The lowest BCUT2D eigenvalue weighted by Crippen LogP contribution is -2.48. The second kappa shape index (κ2) is 7.26. The van der Waals surface area contributed by atoms with Gasteiger partial charge in [-0.25, -0.2) is 0 Å². The molecule has 4 aliphatic carbocycles. The number of benzene rings is 1. The minimum atomic E-state index is 0.173. The number of ether oxygens (including phenoxy) is 6. The maximum absolute atomic E-state index is 6.43. The molecule has 0 amide bonds. The van der Waals surface area contributed by atoms with Crippen LogP contribution < -0.4 is 14.2 Å². The minimum absolute atomic E-state index is 0.173. The molecule has 6 heteroatoms. The average Bonchev–Trinajstić information content (AvgIpc) is 3.61. The standard InChI is InChI=1S/C25H32O6/c1-15-2-17-3-16(1)7-25(6-15,8-17)24-22(30-13-20-11-28-20)4-18(26-9-19-10-27-19)5-23(24)31-14-21-12-29-21/h4-5,15-17,19-21H,1-3,6-14H2. The Hall–Kier alpha value is -1.50. The number of epoxide rings is 3. The summed E-state index contributed by atoms with van der Waals surface area (Å²) in [6, 6.07) is 4.19. The molecule has 3 saturated heterocycles. The molecule has 1 aromatic rings. The van der Waals surface area contributed by atoms with Gasteiger partial charge in [0.15, 0.2) is 0 Å². The Labute approximate surface area is 183 Å². The highest BCUT2D eigenvalue weighted by Gasteiger charge is 2.54. The molecule has 0 radical (unpaired) electrons. The number of hydrogen-bond donors (Lipinski definition) is 0. The predicted molar refractivity (Wildman–Crippen MR) is 112 cm³/mol. The van der Waals surface area contributed by atoms with Crippen LogP contribution in [0.4, 0.5) is 0 Å². The lowest BCUT2D eigenvalue weighted by atomic mass is 9.48. The summed E-state index contributed by atoms with van der Waals surface area (Å²) in [4.78, 5) is 0. The maximum atomic E-state index is 6.43. The first kappa shape index (κ1) is 19.0. The average molecular weight is 429 g/mol.